The summed E-state index contributed by atoms with van der Waals surface area (Å²) < 4.78 is 5.01. The topological polar surface area (TPSA) is 53.9 Å². The molecule has 0 aliphatic rings. The van der Waals surface area contributed by atoms with Gasteiger partial charge in [0.1, 0.15) is 0 Å². The van der Waals surface area contributed by atoms with Crippen LogP contribution in [0.2, 0.25) is 0 Å². The Kier molecular flexibility index (Phi) is 9.10. The molecule has 3 nitrogen and oxygen atoms in total. The summed E-state index contributed by atoms with van der Waals surface area (Å²) in [6, 6.07) is 0. The number of esters is 1. The van der Waals surface area contributed by atoms with Crippen LogP contribution in [-0.4, -0.2) is 19.1 Å². The molecule has 0 radical (unpaired) electrons. The Hall–Kier alpha value is -0.570. The molecule has 0 saturated carbocycles. The average Bonchev–Trinajstić information content (AvgIpc) is 2.13. The van der Waals surface area contributed by atoms with Crippen molar-refractivity contribution in [3.63, 3.8) is 0 Å². The number of rotatable bonds is 8. The van der Waals surface area contributed by atoms with Crippen molar-refractivity contribution in [1.82, 2.24) is 0 Å². The van der Waals surface area contributed by atoms with E-state index in [2.05, 4.69) is 12.7 Å². The van der Waals surface area contributed by atoms with Crippen LogP contribution in [0.5, 0.6) is 0 Å². The fourth-order valence-corrected chi connectivity index (χ4v) is 1.03. The van der Waals surface area contributed by atoms with Crippen LogP contribution in [0.3, 0.4) is 0 Å². The third-order valence-corrected chi connectivity index (χ3v) is 1.89. The standard InChI is InChI=1S/C10H21NO2/c1-2-3-9-13-10(12)7-5-4-6-8-11/h2-9,11H2,1H3/p+1. The van der Waals surface area contributed by atoms with Gasteiger partial charge >= 0.3 is 5.97 Å². The largest absolute Gasteiger partial charge is 0.466 e. The smallest absolute Gasteiger partial charge is 0.305 e. The Bertz CT molecular complexity index is 126. The molecule has 0 saturated heterocycles. The molecule has 0 atom stereocenters. The predicted molar refractivity (Wildman–Crippen MR) is 52.1 cm³/mol. The van der Waals surface area contributed by atoms with E-state index in [0.29, 0.717) is 13.0 Å². The van der Waals surface area contributed by atoms with Crippen LogP contribution in [-0.2, 0) is 9.53 Å². The third-order valence-electron chi connectivity index (χ3n) is 1.89. The van der Waals surface area contributed by atoms with Crippen LogP contribution in [0, 0.1) is 0 Å². The molecule has 0 heterocycles. The lowest BCUT2D eigenvalue weighted by Crippen LogP contribution is -2.50. The fraction of sp³-hybridized carbons (Fsp3) is 0.900. The number of unbranched alkanes of at least 4 members (excludes halogenated alkanes) is 3. The van der Waals surface area contributed by atoms with E-state index in [1.807, 2.05) is 0 Å². The van der Waals surface area contributed by atoms with Gasteiger partial charge in [-0.15, -0.1) is 0 Å². The van der Waals surface area contributed by atoms with E-state index in [0.717, 1.165) is 38.6 Å². The Morgan fingerprint density at radius 3 is 2.62 bits per heavy atom. The number of hydrogen-bond donors (Lipinski definition) is 1. The zero-order valence-corrected chi connectivity index (χ0v) is 8.68. The van der Waals surface area contributed by atoms with Gasteiger partial charge in [0.05, 0.1) is 13.2 Å². The van der Waals surface area contributed by atoms with Gasteiger partial charge in [-0.05, 0) is 25.7 Å². The zero-order valence-electron chi connectivity index (χ0n) is 8.68. The van der Waals surface area contributed by atoms with Crippen molar-refractivity contribution in [2.24, 2.45) is 0 Å². The number of carbonyl (C=O) groups excluding carboxylic acids is 1. The molecule has 0 bridgehead atoms. The molecule has 0 fully saturated rings. The van der Waals surface area contributed by atoms with Gasteiger partial charge in [0.2, 0.25) is 0 Å². The summed E-state index contributed by atoms with van der Waals surface area (Å²) in [7, 11) is 0. The normalized spacial score (nSPS) is 10.0. The van der Waals surface area contributed by atoms with Crippen LogP contribution >= 0.6 is 0 Å². The summed E-state index contributed by atoms with van der Waals surface area (Å²) in [5.41, 5.74) is 3.75. The lowest BCUT2D eigenvalue weighted by atomic mass is 10.2. The first kappa shape index (κ1) is 12.4. The van der Waals surface area contributed by atoms with Crippen molar-refractivity contribution in [3.05, 3.63) is 0 Å². The van der Waals surface area contributed by atoms with Gasteiger partial charge in [0.15, 0.2) is 0 Å². The molecule has 0 spiro atoms. The Morgan fingerprint density at radius 1 is 1.23 bits per heavy atom. The first-order valence-electron chi connectivity index (χ1n) is 5.26. The van der Waals surface area contributed by atoms with Gasteiger partial charge in [-0.2, -0.15) is 0 Å². The van der Waals surface area contributed by atoms with E-state index in [9.17, 15) is 4.79 Å². The lowest BCUT2D eigenvalue weighted by Gasteiger charge is -2.02. The zero-order chi connectivity index (χ0) is 9.94. The molecule has 3 N–H and O–H groups in total. The maximum absolute atomic E-state index is 11.0. The summed E-state index contributed by atoms with van der Waals surface area (Å²) in [6.45, 7) is 3.64. The van der Waals surface area contributed by atoms with Gasteiger partial charge in [0, 0.05) is 6.42 Å². The van der Waals surface area contributed by atoms with E-state index < -0.39 is 0 Å². The second kappa shape index (κ2) is 9.52. The van der Waals surface area contributed by atoms with Gasteiger partial charge in [-0.25, -0.2) is 0 Å². The predicted octanol–water partition coefficient (Wildman–Crippen LogP) is 1.13. The van der Waals surface area contributed by atoms with Crippen molar-refractivity contribution in [1.29, 1.82) is 0 Å². The van der Waals surface area contributed by atoms with Crippen molar-refractivity contribution < 1.29 is 15.3 Å². The molecule has 0 aromatic rings. The van der Waals surface area contributed by atoms with E-state index in [-0.39, 0.29) is 5.97 Å². The monoisotopic (exact) mass is 188 g/mol. The van der Waals surface area contributed by atoms with E-state index in [4.69, 9.17) is 4.74 Å². The highest BCUT2D eigenvalue weighted by Crippen LogP contribution is 2.00. The summed E-state index contributed by atoms with van der Waals surface area (Å²) in [6.07, 6.45) is 5.78. The lowest BCUT2D eigenvalue weighted by molar-refractivity contribution is -0.368. The minimum atomic E-state index is -0.0440. The highest BCUT2D eigenvalue weighted by atomic mass is 16.5. The average molecular weight is 188 g/mol. The number of ether oxygens (including phenoxy) is 1. The van der Waals surface area contributed by atoms with Gasteiger partial charge in [-0.3, -0.25) is 4.79 Å². The van der Waals surface area contributed by atoms with Gasteiger partial charge in [0.25, 0.3) is 0 Å². The number of carbonyl (C=O) groups is 1. The SMILES string of the molecule is CCCCOC(=O)CCCCC[NH3+]. The first-order valence-corrected chi connectivity index (χ1v) is 5.26. The Morgan fingerprint density at radius 2 is 2.00 bits per heavy atom. The van der Waals surface area contributed by atoms with Crippen molar-refractivity contribution in [3.8, 4) is 0 Å². The third kappa shape index (κ3) is 9.34. The minimum Gasteiger partial charge on any atom is -0.466 e. The van der Waals surface area contributed by atoms with Crippen LogP contribution in [0.25, 0.3) is 0 Å². The Labute approximate surface area is 80.6 Å². The summed E-state index contributed by atoms with van der Waals surface area (Å²) in [5.74, 6) is -0.0440. The molecule has 78 valence electrons. The van der Waals surface area contributed by atoms with Crippen molar-refractivity contribution in [2.45, 2.75) is 45.4 Å². The molecule has 0 aromatic heterocycles. The molecule has 0 aromatic carbocycles. The molecule has 0 amide bonds. The maximum Gasteiger partial charge on any atom is 0.305 e. The first-order chi connectivity index (χ1) is 6.31. The molecular formula is C10H22NO2+. The van der Waals surface area contributed by atoms with Crippen LogP contribution in [0.15, 0.2) is 0 Å². The molecule has 3 heteroatoms. The highest BCUT2D eigenvalue weighted by Gasteiger charge is 2.01. The molecule has 13 heavy (non-hydrogen) atoms. The summed E-state index contributed by atoms with van der Waals surface area (Å²) in [5, 5.41) is 0. The maximum atomic E-state index is 11.0. The van der Waals surface area contributed by atoms with Crippen LogP contribution in [0.4, 0.5) is 0 Å². The molecular weight excluding hydrogens is 166 g/mol. The van der Waals surface area contributed by atoms with E-state index in [1.54, 1.807) is 0 Å². The van der Waals surface area contributed by atoms with Gasteiger partial charge < -0.3 is 10.5 Å². The molecule has 0 unspecified atom stereocenters. The second-order valence-corrected chi connectivity index (χ2v) is 3.24. The molecule has 0 rings (SSSR count). The van der Waals surface area contributed by atoms with E-state index >= 15 is 0 Å². The number of quaternary nitrogens is 1. The van der Waals surface area contributed by atoms with Crippen LogP contribution in [0.1, 0.15) is 45.4 Å². The summed E-state index contributed by atoms with van der Waals surface area (Å²) >= 11 is 0. The van der Waals surface area contributed by atoms with E-state index in [1.165, 1.54) is 0 Å². The summed E-state index contributed by atoms with van der Waals surface area (Å²) in [4.78, 5) is 11.0. The Balaban J connectivity index is 3.11. The second-order valence-electron chi connectivity index (χ2n) is 3.24. The van der Waals surface area contributed by atoms with Crippen molar-refractivity contribution >= 4 is 5.97 Å². The quantitative estimate of drug-likeness (QED) is 0.458. The van der Waals surface area contributed by atoms with Crippen molar-refractivity contribution in [2.75, 3.05) is 13.2 Å². The molecule has 0 aliphatic carbocycles. The minimum absolute atomic E-state index is 0.0440. The number of hydrogen-bond acceptors (Lipinski definition) is 2. The fourth-order valence-electron chi connectivity index (χ4n) is 1.03. The highest BCUT2D eigenvalue weighted by molar-refractivity contribution is 5.69. The van der Waals surface area contributed by atoms with Crippen LogP contribution < -0.4 is 5.73 Å². The molecule has 0 aliphatic heterocycles. The van der Waals surface area contributed by atoms with Gasteiger partial charge in [-0.1, -0.05) is 13.3 Å².